The number of alkyl carbamates (subject to hydrolysis) is 1. The molecule has 0 unspecified atom stereocenters. The number of amides is 2. The van der Waals surface area contributed by atoms with Crippen molar-refractivity contribution in [1.29, 1.82) is 0 Å². The van der Waals surface area contributed by atoms with E-state index >= 15 is 0 Å². The van der Waals surface area contributed by atoms with Crippen molar-refractivity contribution < 1.29 is 19.1 Å². The molecular formula is C15H19BrN2O4. The molecule has 0 saturated carbocycles. The largest absolute Gasteiger partial charge is 0.489 e. The summed E-state index contributed by atoms with van der Waals surface area (Å²) in [7, 11) is 1.65. The summed E-state index contributed by atoms with van der Waals surface area (Å²) in [6, 6.07) is 4.60. The second-order valence-electron chi connectivity index (χ2n) is 6.02. The second-order valence-corrected chi connectivity index (χ2v) is 6.93. The summed E-state index contributed by atoms with van der Waals surface area (Å²) >= 11 is 3.37. The van der Waals surface area contributed by atoms with Crippen molar-refractivity contribution >= 4 is 33.6 Å². The Morgan fingerprint density at radius 1 is 1.45 bits per heavy atom. The highest BCUT2D eigenvalue weighted by Gasteiger charge is 2.31. The molecule has 0 aromatic heterocycles. The predicted octanol–water partition coefficient (Wildman–Crippen LogP) is 2.70. The molecule has 6 nitrogen and oxygen atoms in total. The Balaban J connectivity index is 2.14. The van der Waals surface area contributed by atoms with Gasteiger partial charge in [-0.1, -0.05) is 15.9 Å². The lowest BCUT2D eigenvalue weighted by atomic mass is 10.2. The number of carbonyl (C=O) groups excluding carboxylic acids is 2. The molecule has 1 aliphatic rings. The van der Waals surface area contributed by atoms with E-state index in [1.165, 1.54) is 4.90 Å². The van der Waals surface area contributed by atoms with E-state index in [-0.39, 0.29) is 12.5 Å². The molecule has 1 aliphatic heterocycles. The number of nitrogens with zero attached hydrogens (tertiary/aromatic N) is 1. The van der Waals surface area contributed by atoms with E-state index in [0.29, 0.717) is 11.4 Å². The second kappa shape index (κ2) is 6.16. The summed E-state index contributed by atoms with van der Waals surface area (Å²) in [5, 5.41) is 2.56. The van der Waals surface area contributed by atoms with Gasteiger partial charge in [0.2, 0.25) is 0 Å². The zero-order chi connectivity index (χ0) is 16.5. The Kier molecular flexibility index (Phi) is 4.65. The summed E-state index contributed by atoms with van der Waals surface area (Å²) in [5.74, 6) is 0.325. The molecule has 1 aromatic rings. The Morgan fingerprint density at radius 2 is 2.14 bits per heavy atom. The highest BCUT2D eigenvalue weighted by molar-refractivity contribution is 9.10. The standard InChI is InChI=1S/C15H19BrN2O4/c1-15(2,3)22-14(20)17-10-8-21-12-7-9(16)5-6-11(12)18(4)13(10)19/h5-7,10H,8H2,1-4H3,(H,17,20)/t10-/m0/s1. The van der Waals surface area contributed by atoms with Gasteiger partial charge in [0.1, 0.15) is 24.0 Å². The van der Waals surface area contributed by atoms with Gasteiger partial charge in [-0.05, 0) is 39.0 Å². The van der Waals surface area contributed by atoms with E-state index < -0.39 is 17.7 Å². The predicted molar refractivity (Wildman–Crippen MR) is 86.2 cm³/mol. The van der Waals surface area contributed by atoms with Gasteiger partial charge in [0.05, 0.1) is 5.69 Å². The van der Waals surface area contributed by atoms with Crippen LogP contribution in [0.15, 0.2) is 22.7 Å². The molecule has 7 heteroatoms. The van der Waals surface area contributed by atoms with Crippen LogP contribution in [0.2, 0.25) is 0 Å². The smallest absolute Gasteiger partial charge is 0.408 e. The number of fused-ring (bicyclic) bond motifs is 1. The number of likely N-dealkylation sites (N-methyl/N-ethyl adjacent to an activating group) is 1. The lowest BCUT2D eigenvalue weighted by Gasteiger charge is -2.23. The van der Waals surface area contributed by atoms with Crippen LogP contribution in [0.1, 0.15) is 20.8 Å². The number of hydrogen-bond donors (Lipinski definition) is 1. The monoisotopic (exact) mass is 370 g/mol. The Morgan fingerprint density at radius 3 is 2.77 bits per heavy atom. The average molecular weight is 371 g/mol. The topological polar surface area (TPSA) is 67.9 Å². The number of ether oxygens (including phenoxy) is 2. The van der Waals surface area contributed by atoms with E-state index in [1.807, 2.05) is 6.07 Å². The number of nitrogens with one attached hydrogen (secondary N) is 1. The molecule has 1 atom stereocenters. The van der Waals surface area contributed by atoms with Gasteiger partial charge >= 0.3 is 6.09 Å². The molecule has 22 heavy (non-hydrogen) atoms. The minimum absolute atomic E-state index is 0.0475. The summed E-state index contributed by atoms with van der Waals surface area (Å²) < 4.78 is 11.7. The van der Waals surface area contributed by atoms with Gasteiger partial charge in [0.25, 0.3) is 5.91 Å². The van der Waals surface area contributed by atoms with E-state index in [4.69, 9.17) is 9.47 Å². The summed E-state index contributed by atoms with van der Waals surface area (Å²) in [6.45, 7) is 5.33. The van der Waals surface area contributed by atoms with Crippen molar-refractivity contribution in [3.05, 3.63) is 22.7 Å². The Bertz CT molecular complexity index is 598. The van der Waals surface area contributed by atoms with Crippen LogP contribution in [-0.4, -0.2) is 37.3 Å². The zero-order valence-electron chi connectivity index (χ0n) is 13.0. The average Bonchev–Trinajstić information content (AvgIpc) is 2.49. The molecule has 2 rings (SSSR count). The van der Waals surface area contributed by atoms with Crippen molar-refractivity contribution in [3.8, 4) is 5.75 Å². The third kappa shape index (κ3) is 3.91. The SMILES string of the molecule is CN1C(=O)[C@@H](NC(=O)OC(C)(C)C)COc2cc(Br)ccc21. The van der Waals surface area contributed by atoms with Crippen molar-refractivity contribution in [2.24, 2.45) is 0 Å². The fourth-order valence-electron chi connectivity index (χ4n) is 2.03. The molecule has 0 spiro atoms. The maximum absolute atomic E-state index is 12.5. The van der Waals surface area contributed by atoms with Crippen molar-refractivity contribution in [1.82, 2.24) is 5.32 Å². The quantitative estimate of drug-likeness (QED) is 0.824. The first-order chi connectivity index (χ1) is 10.2. The van der Waals surface area contributed by atoms with Crippen LogP contribution in [0, 0.1) is 0 Å². The first kappa shape index (κ1) is 16.6. The van der Waals surface area contributed by atoms with Gasteiger partial charge < -0.3 is 19.7 Å². The van der Waals surface area contributed by atoms with Crippen LogP contribution in [0.4, 0.5) is 10.5 Å². The van der Waals surface area contributed by atoms with Crippen LogP contribution < -0.4 is 15.0 Å². The third-order valence-corrected chi connectivity index (χ3v) is 3.50. The van der Waals surface area contributed by atoms with Gasteiger partial charge in [0.15, 0.2) is 0 Å². The highest BCUT2D eigenvalue weighted by Crippen LogP contribution is 2.33. The fourth-order valence-corrected chi connectivity index (χ4v) is 2.37. The Labute approximate surface area is 137 Å². The number of halogens is 1. The maximum Gasteiger partial charge on any atom is 0.408 e. The summed E-state index contributed by atoms with van der Waals surface area (Å²) in [4.78, 5) is 25.8. The van der Waals surface area contributed by atoms with Gasteiger partial charge in [-0.25, -0.2) is 4.79 Å². The molecule has 1 heterocycles. The highest BCUT2D eigenvalue weighted by atomic mass is 79.9. The van der Waals surface area contributed by atoms with Crippen LogP contribution in [0.3, 0.4) is 0 Å². The lowest BCUT2D eigenvalue weighted by molar-refractivity contribution is -0.120. The van der Waals surface area contributed by atoms with Crippen LogP contribution in [-0.2, 0) is 9.53 Å². The van der Waals surface area contributed by atoms with Crippen molar-refractivity contribution in [2.45, 2.75) is 32.4 Å². The molecule has 120 valence electrons. The molecule has 0 aliphatic carbocycles. The van der Waals surface area contributed by atoms with E-state index in [1.54, 1.807) is 40.0 Å². The van der Waals surface area contributed by atoms with Crippen LogP contribution >= 0.6 is 15.9 Å². The molecule has 0 bridgehead atoms. The minimum Gasteiger partial charge on any atom is -0.489 e. The minimum atomic E-state index is -0.800. The first-order valence-electron chi connectivity index (χ1n) is 6.87. The lowest BCUT2D eigenvalue weighted by Crippen LogP contribution is -2.50. The number of anilines is 1. The number of carbonyl (C=O) groups is 2. The van der Waals surface area contributed by atoms with Gasteiger partial charge in [-0.3, -0.25) is 4.79 Å². The normalized spacial score (nSPS) is 18.1. The van der Waals surface area contributed by atoms with E-state index in [9.17, 15) is 9.59 Å². The maximum atomic E-state index is 12.5. The molecule has 1 N–H and O–H groups in total. The zero-order valence-corrected chi connectivity index (χ0v) is 14.6. The van der Waals surface area contributed by atoms with Crippen molar-refractivity contribution in [2.75, 3.05) is 18.6 Å². The Hall–Kier alpha value is -1.76. The molecular weight excluding hydrogens is 352 g/mol. The first-order valence-corrected chi connectivity index (χ1v) is 7.66. The summed E-state index contributed by atoms with van der Waals surface area (Å²) in [5.41, 5.74) is 0.0278. The van der Waals surface area contributed by atoms with Gasteiger partial charge in [-0.15, -0.1) is 0 Å². The number of hydrogen-bond acceptors (Lipinski definition) is 4. The molecule has 1 aromatic carbocycles. The van der Waals surface area contributed by atoms with E-state index in [0.717, 1.165) is 4.47 Å². The molecule has 0 fully saturated rings. The number of rotatable bonds is 1. The fraction of sp³-hybridized carbons (Fsp3) is 0.467. The van der Waals surface area contributed by atoms with Crippen molar-refractivity contribution in [3.63, 3.8) is 0 Å². The third-order valence-electron chi connectivity index (χ3n) is 3.01. The van der Waals surface area contributed by atoms with E-state index in [2.05, 4.69) is 21.2 Å². The molecule has 0 radical (unpaired) electrons. The molecule has 0 saturated heterocycles. The summed E-state index contributed by atoms with van der Waals surface area (Å²) in [6.07, 6.45) is -0.644. The molecule has 2 amide bonds. The van der Waals surface area contributed by atoms with Gasteiger partial charge in [-0.2, -0.15) is 0 Å². The number of benzene rings is 1. The van der Waals surface area contributed by atoms with Crippen LogP contribution in [0.5, 0.6) is 5.75 Å². The van der Waals surface area contributed by atoms with Gasteiger partial charge in [0, 0.05) is 11.5 Å². The van der Waals surface area contributed by atoms with Crippen LogP contribution in [0.25, 0.3) is 0 Å².